The number of carbonyl (C=O) groups is 11. The van der Waals surface area contributed by atoms with Gasteiger partial charge in [-0.1, -0.05) is 94.7 Å². The molecule has 0 aliphatic carbocycles. The van der Waals surface area contributed by atoms with Crippen molar-refractivity contribution >= 4 is 71.6 Å². The van der Waals surface area contributed by atoms with Gasteiger partial charge in [0.1, 0.15) is 42.2 Å². The molecule has 538 valence electrons. The first-order chi connectivity index (χ1) is 43.5. The van der Waals surface area contributed by atoms with Crippen molar-refractivity contribution < 1.29 is 67.3 Å². The van der Waals surface area contributed by atoms with Crippen LogP contribution in [0.25, 0.3) is 0 Å². The second kappa shape index (κ2) is 41.8. The van der Waals surface area contributed by atoms with Crippen molar-refractivity contribution in [2.45, 2.75) is 222 Å². The van der Waals surface area contributed by atoms with E-state index < -0.39 is 126 Å². The quantitative estimate of drug-likeness (QED) is 0.00826. The van der Waals surface area contributed by atoms with Crippen LogP contribution < -0.4 is 32.7 Å². The van der Waals surface area contributed by atoms with Gasteiger partial charge in [0.15, 0.2) is 24.0 Å². The van der Waals surface area contributed by atoms with Gasteiger partial charge < -0.3 is 66.5 Å². The van der Waals surface area contributed by atoms with E-state index in [9.17, 15) is 57.8 Å². The van der Waals surface area contributed by atoms with Gasteiger partial charge in [-0.3, -0.25) is 63.0 Å². The highest BCUT2D eigenvalue weighted by Gasteiger charge is 2.46. The SMILES string of the molecule is CCCC(C(=O)NC(C)(C=O)OC(C(=O)N(C)C(CC(C)C)C(N)=O)C(C)C)N(C)C(=O)C(CC(C)C)NC(C=O)(CC(C)C)N(C)C(=O)CN(C)C(=O)C(NC(=O)CC(C=COC(C)C(C(=O)NC)N(C)C(=O)CCC(C)C)C(C)CCN(C)CC(N)=NN=N)C(C)O. The topological polar surface area (TPSA) is 395 Å². The number of amides is 9. The largest absolute Gasteiger partial charge is 0.496 e. The van der Waals surface area contributed by atoms with Gasteiger partial charge in [0.25, 0.3) is 5.91 Å². The average Bonchev–Trinajstić information content (AvgIpc) is 0.802. The number of rotatable bonds is 46. The summed E-state index contributed by atoms with van der Waals surface area (Å²) in [6.07, 6.45) is 2.08. The normalized spacial score (nSPS) is 16.5. The van der Waals surface area contributed by atoms with E-state index in [4.69, 9.17) is 26.5 Å². The lowest BCUT2D eigenvalue weighted by Gasteiger charge is -2.43. The lowest BCUT2D eigenvalue weighted by atomic mass is 9.87. The monoisotopic (exact) mass is 1330 g/mol. The second-order valence-electron chi connectivity index (χ2n) is 27.4. The van der Waals surface area contributed by atoms with Crippen LogP contribution in [0.4, 0.5) is 0 Å². The molecule has 0 aliphatic rings. The van der Waals surface area contributed by atoms with Gasteiger partial charge >= 0.3 is 0 Å². The number of hydrogen-bond acceptors (Lipinski definition) is 18. The first-order valence-corrected chi connectivity index (χ1v) is 32.7. The van der Waals surface area contributed by atoms with Crippen LogP contribution in [0.2, 0.25) is 0 Å². The number of ether oxygens (including phenoxy) is 2. The maximum atomic E-state index is 15.0. The minimum Gasteiger partial charge on any atom is -0.496 e. The summed E-state index contributed by atoms with van der Waals surface area (Å²) >= 11 is 0. The molecule has 29 heteroatoms. The van der Waals surface area contributed by atoms with Crippen molar-refractivity contribution in [2.75, 3.05) is 69.0 Å². The van der Waals surface area contributed by atoms with Crippen LogP contribution in [0.1, 0.15) is 162 Å². The van der Waals surface area contributed by atoms with E-state index >= 15 is 0 Å². The molecule has 0 aliphatic heterocycles. The number of allylic oxidation sites excluding steroid dienone is 1. The zero-order chi connectivity index (χ0) is 72.9. The van der Waals surface area contributed by atoms with Gasteiger partial charge in [0.2, 0.25) is 47.3 Å². The van der Waals surface area contributed by atoms with Crippen LogP contribution in [-0.2, 0) is 62.2 Å². The molecule has 0 radical (unpaired) electrons. The lowest BCUT2D eigenvalue weighted by molar-refractivity contribution is -0.173. The molecule has 29 nitrogen and oxygen atoms in total. The highest BCUT2D eigenvalue weighted by atomic mass is 16.5. The van der Waals surface area contributed by atoms with Crippen LogP contribution in [-0.4, -0.2) is 235 Å². The van der Waals surface area contributed by atoms with Crippen molar-refractivity contribution in [3.8, 4) is 0 Å². The Hall–Kier alpha value is -6.98. The summed E-state index contributed by atoms with van der Waals surface area (Å²) in [6, 6.07) is -6.02. The smallest absolute Gasteiger partial charge is 0.252 e. The summed E-state index contributed by atoms with van der Waals surface area (Å²) < 4.78 is 12.2. The zero-order valence-corrected chi connectivity index (χ0v) is 60.4. The Labute approximate surface area is 559 Å². The van der Waals surface area contributed by atoms with Crippen molar-refractivity contribution in [3.05, 3.63) is 12.3 Å². The third kappa shape index (κ3) is 28.5. The standard InChI is InChI=1S/C65H119N15O14/c1-23-24-49(59(88)72-64(15,37-81)94-57(43(10)11)63(92)78(20)50(58(67)87)32-41(6)7)77(19)61(90)48(31-40(4)5)71-65(38-82,34-42(8)9)80(22)54(86)36-76(18)62(91)55(45(13)83)70-52(84)33-47(44(12)27-29-75(17)35-51(66)73-74-68)28-30-93-46(14)56(60(89)69-16)79(21)53(85)26-25-39(2)3/h28,30,37-50,55-57,71,83H,23-27,29,31-36H2,1-22H3,(H2,67,87)(H,69,89)(H,70,84)(H,72,88)(H3,66,68,73). The summed E-state index contributed by atoms with van der Waals surface area (Å²) in [4.78, 5) is 160. The molecule has 0 fully saturated rings. The number of aldehydes is 2. The van der Waals surface area contributed by atoms with E-state index in [0.29, 0.717) is 38.4 Å². The predicted molar refractivity (Wildman–Crippen MR) is 358 cm³/mol. The molecular weight excluding hydrogens is 1210 g/mol. The number of nitrogens with one attached hydrogen (secondary N) is 5. The third-order valence-corrected chi connectivity index (χ3v) is 16.5. The summed E-state index contributed by atoms with van der Waals surface area (Å²) in [5.74, 6) is -7.33. The fourth-order valence-corrected chi connectivity index (χ4v) is 10.8. The molecule has 0 rings (SSSR count). The Bertz CT molecular complexity index is 2550. The number of likely N-dealkylation sites (N-methyl/N-ethyl adjacent to an activating group) is 7. The third-order valence-electron chi connectivity index (χ3n) is 16.5. The minimum atomic E-state index is -2.12. The maximum absolute atomic E-state index is 15.0. The van der Waals surface area contributed by atoms with Gasteiger partial charge in [-0.15, -0.1) is 5.10 Å². The minimum absolute atomic E-state index is 0.00575. The first-order valence-electron chi connectivity index (χ1n) is 32.7. The van der Waals surface area contributed by atoms with Gasteiger partial charge in [0, 0.05) is 55.1 Å². The number of primary amides is 1. The molecule has 0 heterocycles. The fourth-order valence-electron chi connectivity index (χ4n) is 10.8. The van der Waals surface area contributed by atoms with E-state index in [1.807, 2.05) is 53.4 Å². The molecule has 10 N–H and O–H groups in total. The molecule has 94 heavy (non-hydrogen) atoms. The molecule has 0 spiro atoms. The van der Waals surface area contributed by atoms with Crippen LogP contribution in [0.3, 0.4) is 0 Å². The Morgan fingerprint density at radius 1 is 0.702 bits per heavy atom. The van der Waals surface area contributed by atoms with Crippen LogP contribution >= 0.6 is 0 Å². The maximum Gasteiger partial charge on any atom is 0.252 e. The number of nitrogens with zero attached hydrogens (tertiary/aromatic N) is 8. The summed E-state index contributed by atoms with van der Waals surface area (Å²) in [6.45, 7) is 26.2. The van der Waals surface area contributed by atoms with Crippen molar-refractivity contribution in [1.82, 2.24) is 50.7 Å². The molecule has 12 atom stereocenters. The molecule has 0 bridgehead atoms. The Kier molecular flexibility index (Phi) is 38.7. The fraction of sp³-hybridized carbons (Fsp3) is 0.785. The number of aliphatic hydroxyl groups is 1. The van der Waals surface area contributed by atoms with Gasteiger partial charge in [0.05, 0.1) is 31.5 Å². The second-order valence-corrected chi connectivity index (χ2v) is 27.4. The Balaban J connectivity index is 7.10. The molecule has 0 aromatic heterocycles. The highest BCUT2D eigenvalue weighted by Crippen LogP contribution is 2.27. The van der Waals surface area contributed by atoms with E-state index in [1.54, 1.807) is 54.7 Å². The van der Waals surface area contributed by atoms with E-state index in [2.05, 4.69) is 31.6 Å². The molecule has 12 unspecified atom stereocenters. The molecular formula is C65H119N15O14. The Morgan fingerprint density at radius 2 is 1.29 bits per heavy atom. The Morgan fingerprint density at radius 3 is 1.77 bits per heavy atom. The highest BCUT2D eigenvalue weighted by molar-refractivity contribution is 5.94. The zero-order valence-electron chi connectivity index (χ0n) is 60.4. The van der Waals surface area contributed by atoms with Crippen LogP contribution in [0, 0.1) is 47.0 Å². The van der Waals surface area contributed by atoms with E-state index in [1.165, 1.54) is 77.1 Å². The summed E-state index contributed by atoms with van der Waals surface area (Å²) in [5.41, 5.74) is 14.6. The number of carbonyl (C=O) groups excluding carboxylic acids is 11. The first kappa shape index (κ1) is 87.0. The van der Waals surface area contributed by atoms with Crippen molar-refractivity contribution in [1.29, 1.82) is 5.53 Å². The molecule has 0 saturated carbocycles. The van der Waals surface area contributed by atoms with Crippen molar-refractivity contribution in [2.24, 2.45) is 63.2 Å². The predicted octanol–water partition coefficient (Wildman–Crippen LogP) is 2.97. The molecule has 0 aromatic carbocycles. The average molecular weight is 1330 g/mol. The number of aliphatic hydroxyl groups excluding tert-OH is 1. The van der Waals surface area contributed by atoms with Crippen LogP contribution in [0.5, 0.6) is 0 Å². The molecule has 0 saturated heterocycles. The summed E-state index contributed by atoms with van der Waals surface area (Å²) in [5, 5.41) is 28.7. The van der Waals surface area contributed by atoms with Gasteiger partial charge in [-0.2, -0.15) is 5.53 Å². The van der Waals surface area contributed by atoms with Crippen LogP contribution in [0.15, 0.2) is 22.7 Å². The van der Waals surface area contributed by atoms with Crippen molar-refractivity contribution in [3.63, 3.8) is 0 Å². The number of hydrogen-bond donors (Lipinski definition) is 8. The number of nitrogens with two attached hydrogens (primary N) is 2. The van der Waals surface area contributed by atoms with Gasteiger partial charge in [-0.05, 0) is 120 Å². The molecule has 9 amide bonds. The summed E-state index contributed by atoms with van der Waals surface area (Å²) in [7, 11) is 10.2. The van der Waals surface area contributed by atoms with E-state index in [-0.39, 0.29) is 86.4 Å². The number of amidine groups is 1. The van der Waals surface area contributed by atoms with Gasteiger partial charge in [-0.25, -0.2) is 0 Å². The lowest BCUT2D eigenvalue weighted by Crippen LogP contribution is -2.68. The molecule has 0 aromatic rings. The van der Waals surface area contributed by atoms with E-state index in [0.717, 1.165) is 9.80 Å².